The molecule has 1 aromatic carbocycles. The number of benzene rings is 1. The van der Waals surface area contributed by atoms with E-state index in [1.54, 1.807) is 0 Å². The van der Waals surface area contributed by atoms with Crippen molar-refractivity contribution in [2.45, 2.75) is 38.5 Å². The van der Waals surface area contributed by atoms with E-state index in [9.17, 15) is 0 Å². The van der Waals surface area contributed by atoms with E-state index >= 15 is 0 Å². The molecule has 0 fully saturated rings. The van der Waals surface area contributed by atoms with Gasteiger partial charge < -0.3 is 0 Å². The first-order chi connectivity index (χ1) is 8.95. The summed E-state index contributed by atoms with van der Waals surface area (Å²) in [5.41, 5.74) is 2.87. The third-order valence-electron chi connectivity index (χ3n) is 3.27. The van der Waals surface area contributed by atoms with Gasteiger partial charge in [0.2, 0.25) is 0 Å². The van der Waals surface area contributed by atoms with Crippen molar-refractivity contribution in [1.82, 2.24) is 4.98 Å². The Morgan fingerprint density at radius 3 is 1.78 bits per heavy atom. The first-order valence-corrected chi connectivity index (χ1v) is 6.88. The molecule has 2 aromatic rings. The zero-order valence-electron chi connectivity index (χ0n) is 10.9. The third kappa shape index (κ3) is 4.70. The minimum atomic E-state index is 1.19. The first kappa shape index (κ1) is 12.8. The molecule has 0 amide bonds. The molecular formula is C17H21N. The van der Waals surface area contributed by atoms with Crippen LogP contribution in [0.5, 0.6) is 0 Å². The van der Waals surface area contributed by atoms with Crippen LogP contribution >= 0.6 is 0 Å². The second kappa shape index (κ2) is 7.65. The van der Waals surface area contributed by atoms with Crippen LogP contribution in [0.1, 0.15) is 36.8 Å². The van der Waals surface area contributed by atoms with Crippen molar-refractivity contribution < 1.29 is 0 Å². The van der Waals surface area contributed by atoms with Crippen LogP contribution in [0.2, 0.25) is 0 Å². The number of hydrogen-bond acceptors (Lipinski definition) is 1. The molecule has 1 heteroatoms. The highest BCUT2D eigenvalue weighted by atomic mass is 14.6. The van der Waals surface area contributed by atoms with Crippen molar-refractivity contribution in [2.24, 2.45) is 0 Å². The SMILES string of the molecule is c1ccc(CCCCCCc2ccncc2)cc1. The molecule has 0 spiro atoms. The van der Waals surface area contributed by atoms with Gasteiger partial charge in [-0.1, -0.05) is 43.2 Å². The van der Waals surface area contributed by atoms with Crippen LogP contribution in [0.15, 0.2) is 54.9 Å². The summed E-state index contributed by atoms with van der Waals surface area (Å²) < 4.78 is 0. The Hall–Kier alpha value is -1.63. The predicted molar refractivity (Wildman–Crippen MR) is 76.6 cm³/mol. The van der Waals surface area contributed by atoms with Crippen molar-refractivity contribution in [2.75, 3.05) is 0 Å². The molecule has 0 bridgehead atoms. The Bertz CT molecular complexity index is 378. The highest BCUT2D eigenvalue weighted by Crippen LogP contribution is 2.10. The van der Waals surface area contributed by atoms with E-state index in [2.05, 4.69) is 47.4 Å². The van der Waals surface area contributed by atoms with Gasteiger partial charge in [0.25, 0.3) is 0 Å². The van der Waals surface area contributed by atoms with Crippen LogP contribution < -0.4 is 0 Å². The summed E-state index contributed by atoms with van der Waals surface area (Å²) in [5, 5.41) is 0. The largest absolute Gasteiger partial charge is 0.265 e. The summed E-state index contributed by atoms with van der Waals surface area (Å²) in [6.45, 7) is 0. The summed E-state index contributed by atoms with van der Waals surface area (Å²) in [7, 11) is 0. The predicted octanol–water partition coefficient (Wildman–Crippen LogP) is 4.43. The molecule has 0 atom stereocenters. The van der Waals surface area contributed by atoms with Gasteiger partial charge in [0.15, 0.2) is 0 Å². The Labute approximate surface area is 110 Å². The second-order valence-corrected chi connectivity index (χ2v) is 4.76. The monoisotopic (exact) mass is 239 g/mol. The van der Waals surface area contributed by atoms with Crippen molar-refractivity contribution in [3.63, 3.8) is 0 Å². The molecule has 1 heterocycles. The third-order valence-corrected chi connectivity index (χ3v) is 3.27. The minimum Gasteiger partial charge on any atom is -0.265 e. The maximum Gasteiger partial charge on any atom is 0.0270 e. The van der Waals surface area contributed by atoms with Crippen LogP contribution in [-0.2, 0) is 12.8 Å². The van der Waals surface area contributed by atoms with Gasteiger partial charge in [-0.05, 0) is 48.9 Å². The second-order valence-electron chi connectivity index (χ2n) is 4.76. The summed E-state index contributed by atoms with van der Waals surface area (Å²) in [6.07, 6.45) is 11.4. The molecule has 0 aliphatic heterocycles. The molecule has 2 rings (SSSR count). The average Bonchev–Trinajstić information content (AvgIpc) is 2.45. The van der Waals surface area contributed by atoms with Crippen molar-refractivity contribution in [1.29, 1.82) is 0 Å². The first-order valence-electron chi connectivity index (χ1n) is 6.88. The lowest BCUT2D eigenvalue weighted by Gasteiger charge is -2.02. The lowest BCUT2D eigenvalue weighted by atomic mass is 10.0. The molecule has 0 aliphatic rings. The van der Waals surface area contributed by atoms with Gasteiger partial charge >= 0.3 is 0 Å². The summed E-state index contributed by atoms with van der Waals surface area (Å²) in [6, 6.07) is 15.0. The molecule has 0 radical (unpaired) electrons. The molecule has 18 heavy (non-hydrogen) atoms. The van der Waals surface area contributed by atoms with Crippen molar-refractivity contribution in [3.8, 4) is 0 Å². The molecule has 1 nitrogen and oxygen atoms in total. The highest BCUT2D eigenvalue weighted by Gasteiger charge is 1.95. The van der Waals surface area contributed by atoms with Crippen LogP contribution in [0.25, 0.3) is 0 Å². The molecule has 0 unspecified atom stereocenters. The molecule has 94 valence electrons. The van der Waals surface area contributed by atoms with Gasteiger partial charge in [0.1, 0.15) is 0 Å². The van der Waals surface area contributed by atoms with Gasteiger partial charge in [0.05, 0.1) is 0 Å². The number of aryl methyl sites for hydroxylation is 2. The van der Waals surface area contributed by atoms with E-state index in [0.717, 1.165) is 0 Å². The number of unbranched alkanes of at least 4 members (excludes halogenated alkanes) is 3. The van der Waals surface area contributed by atoms with E-state index in [1.165, 1.54) is 49.7 Å². The highest BCUT2D eigenvalue weighted by molar-refractivity contribution is 5.14. The zero-order valence-corrected chi connectivity index (χ0v) is 10.9. The van der Waals surface area contributed by atoms with Crippen LogP contribution in [-0.4, -0.2) is 4.98 Å². The Morgan fingerprint density at radius 1 is 0.611 bits per heavy atom. The molecular weight excluding hydrogens is 218 g/mol. The molecule has 1 aromatic heterocycles. The summed E-state index contributed by atoms with van der Waals surface area (Å²) in [4.78, 5) is 4.04. The fraction of sp³-hybridized carbons (Fsp3) is 0.353. The number of nitrogens with zero attached hydrogens (tertiary/aromatic N) is 1. The number of rotatable bonds is 7. The van der Waals surface area contributed by atoms with Crippen molar-refractivity contribution in [3.05, 3.63) is 66.0 Å². The number of hydrogen-bond donors (Lipinski definition) is 0. The average molecular weight is 239 g/mol. The fourth-order valence-corrected chi connectivity index (χ4v) is 2.21. The van der Waals surface area contributed by atoms with Gasteiger partial charge in [-0.2, -0.15) is 0 Å². The fourth-order valence-electron chi connectivity index (χ4n) is 2.21. The lowest BCUT2D eigenvalue weighted by Crippen LogP contribution is -1.88. The normalized spacial score (nSPS) is 10.4. The maximum absolute atomic E-state index is 4.04. The lowest BCUT2D eigenvalue weighted by molar-refractivity contribution is 0.640. The van der Waals surface area contributed by atoms with Gasteiger partial charge in [-0.15, -0.1) is 0 Å². The molecule has 0 saturated heterocycles. The molecule has 0 saturated carbocycles. The van der Waals surface area contributed by atoms with Gasteiger partial charge in [-0.25, -0.2) is 0 Å². The Balaban J connectivity index is 1.54. The van der Waals surface area contributed by atoms with E-state index < -0.39 is 0 Å². The molecule has 0 aliphatic carbocycles. The topological polar surface area (TPSA) is 12.9 Å². The minimum absolute atomic E-state index is 1.19. The van der Waals surface area contributed by atoms with Gasteiger partial charge in [-0.3, -0.25) is 4.98 Å². The smallest absolute Gasteiger partial charge is 0.0270 e. The maximum atomic E-state index is 4.04. The number of pyridine rings is 1. The zero-order chi connectivity index (χ0) is 12.5. The van der Waals surface area contributed by atoms with E-state index in [0.29, 0.717) is 0 Å². The summed E-state index contributed by atoms with van der Waals surface area (Å²) in [5.74, 6) is 0. The summed E-state index contributed by atoms with van der Waals surface area (Å²) >= 11 is 0. The van der Waals surface area contributed by atoms with Crippen LogP contribution in [0.3, 0.4) is 0 Å². The van der Waals surface area contributed by atoms with Crippen molar-refractivity contribution >= 4 is 0 Å². The van der Waals surface area contributed by atoms with Crippen LogP contribution in [0.4, 0.5) is 0 Å². The van der Waals surface area contributed by atoms with Crippen LogP contribution in [0, 0.1) is 0 Å². The Kier molecular flexibility index (Phi) is 5.45. The quantitative estimate of drug-likeness (QED) is 0.651. The van der Waals surface area contributed by atoms with E-state index in [-0.39, 0.29) is 0 Å². The van der Waals surface area contributed by atoms with E-state index in [1.807, 2.05) is 12.4 Å². The Morgan fingerprint density at radius 2 is 1.17 bits per heavy atom. The number of aromatic nitrogens is 1. The van der Waals surface area contributed by atoms with Gasteiger partial charge in [0, 0.05) is 12.4 Å². The standard InChI is InChI=1S/C17H21N/c1(4-8-16-9-6-3-7-10-16)2-5-11-17-12-14-18-15-13-17/h3,6-7,9-10,12-15H,1-2,4-5,8,11H2. The molecule has 0 N–H and O–H groups in total. The van der Waals surface area contributed by atoms with E-state index in [4.69, 9.17) is 0 Å².